The van der Waals surface area contributed by atoms with Gasteiger partial charge in [0.05, 0.1) is 18.8 Å². The van der Waals surface area contributed by atoms with E-state index in [2.05, 4.69) is 32.2 Å². The molecule has 6 nitrogen and oxygen atoms in total. The quantitative estimate of drug-likeness (QED) is 0.738. The van der Waals surface area contributed by atoms with Gasteiger partial charge < -0.3 is 9.57 Å². The van der Waals surface area contributed by atoms with E-state index in [9.17, 15) is 0 Å². The molecule has 0 saturated carbocycles. The van der Waals surface area contributed by atoms with Crippen LogP contribution in [0, 0.1) is 0 Å². The van der Waals surface area contributed by atoms with Gasteiger partial charge in [-0.25, -0.2) is 9.97 Å². The lowest BCUT2D eigenvalue weighted by atomic mass is 10.2. The molecule has 0 bridgehead atoms. The number of pyridine rings is 1. The Kier molecular flexibility index (Phi) is 3.69. The van der Waals surface area contributed by atoms with Crippen LogP contribution in [-0.2, 0) is 4.84 Å². The van der Waals surface area contributed by atoms with Crippen molar-refractivity contribution in [3.8, 4) is 16.2 Å². The van der Waals surface area contributed by atoms with Crippen molar-refractivity contribution < 1.29 is 9.57 Å². The predicted molar refractivity (Wildman–Crippen MR) is 86.1 cm³/mol. The average molecular weight is 324 g/mol. The largest absolute Gasteiger partial charge is 0.436 e. The normalized spacial score (nSPS) is 16.7. The van der Waals surface area contributed by atoms with E-state index < -0.39 is 0 Å². The number of thiophene rings is 1. The van der Waals surface area contributed by atoms with Gasteiger partial charge in [0, 0.05) is 27.7 Å². The van der Waals surface area contributed by atoms with Crippen LogP contribution in [0.5, 0.6) is 5.75 Å². The molecule has 0 amide bonds. The van der Waals surface area contributed by atoms with Gasteiger partial charge in [-0.2, -0.15) is 0 Å². The van der Waals surface area contributed by atoms with Crippen molar-refractivity contribution in [2.45, 2.75) is 12.5 Å². The maximum absolute atomic E-state index is 5.61. The molecule has 3 aromatic heterocycles. The molecule has 7 heteroatoms. The lowest BCUT2D eigenvalue weighted by Gasteiger charge is -2.04. The molecule has 1 aliphatic heterocycles. The Bertz CT molecular complexity index is 820. The minimum absolute atomic E-state index is 0.120. The predicted octanol–water partition coefficient (Wildman–Crippen LogP) is 3.45. The molecule has 0 spiro atoms. The molecule has 0 unspecified atom stereocenters. The minimum Gasteiger partial charge on any atom is -0.436 e. The second kappa shape index (κ2) is 6.13. The summed E-state index contributed by atoms with van der Waals surface area (Å²) in [6.45, 7) is 0. The molecular weight excluding hydrogens is 312 g/mol. The lowest BCUT2D eigenvalue weighted by Crippen LogP contribution is -2.07. The molecule has 23 heavy (non-hydrogen) atoms. The summed E-state index contributed by atoms with van der Waals surface area (Å²) < 4.78 is 5.61. The van der Waals surface area contributed by atoms with Crippen LogP contribution in [0.15, 0.2) is 60.5 Å². The zero-order valence-electron chi connectivity index (χ0n) is 12.0. The lowest BCUT2D eigenvalue weighted by molar-refractivity contribution is 0.0881. The Morgan fingerprint density at radius 3 is 2.83 bits per heavy atom. The number of ether oxygens (including phenoxy) is 1. The fourth-order valence-electron chi connectivity index (χ4n) is 2.23. The maximum atomic E-state index is 5.61. The van der Waals surface area contributed by atoms with Crippen LogP contribution in [0.2, 0.25) is 0 Å². The van der Waals surface area contributed by atoms with Crippen LogP contribution >= 0.6 is 11.3 Å². The summed E-state index contributed by atoms with van der Waals surface area (Å²) >= 11 is 1.67. The first kappa shape index (κ1) is 13.8. The zero-order valence-corrected chi connectivity index (χ0v) is 12.8. The molecule has 0 aromatic carbocycles. The number of hydrogen-bond acceptors (Lipinski definition) is 7. The van der Waals surface area contributed by atoms with E-state index in [0.717, 1.165) is 15.3 Å². The highest BCUT2D eigenvalue weighted by Crippen LogP contribution is 2.36. The molecular formula is C16H12N4O2S. The van der Waals surface area contributed by atoms with E-state index >= 15 is 0 Å². The SMILES string of the molecule is c1cncc(-c2ccc([C@H]3CC(Oc4cncnc4)=NO3)s2)c1. The highest BCUT2D eigenvalue weighted by molar-refractivity contribution is 7.15. The van der Waals surface area contributed by atoms with Crippen molar-refractivity contribution in [3.63, 3.8) is 0 Å². The first-order chi connectivity index (χ1) is 11.4. The van der Waals surface area contributed by atoms with Gasteiger partial charge in [0.1, 0.15) is 6.33 Å². The van der Waals surface area contributed by atoms with Crippen molar-refractivity contribution in [1.29, 1.82) is 0 Å². The molecule has 0 fully saturated rings. The van der Waals surface area contributed by atoms with E-state index in [4.69, 9.17) is 9.57 Å². The fraction of sp³-hybridized carbons (Fsp3) is 0.125. The third kappa shape index (κ3) is 3.04. The number of nitrogens with zero attached hydrogens (tertiary/aromatic N) is 4. The van der Waals surface area contributed by atoms with Gasteiger partial charge in [-0.05, 0) is 18.2 Å². The van der Waals surface area contributed by atoms with Crippen molar-refractivity contribution in [3.05, 3.63) is 60.3 Å². The number of oxime groups is 1. The van der Waals surface area contributed by atoms with Crippen LogP contribution in [0.3, 0.4) is 0 Å². The van der Waals surface area contributed by atoms with E-state index in [1.807, 2.05) is 18.3 Å². The van der Waals surface area contributed by atoms with E-state index in [1.54, 1.807) is 29.9 Å². The summed E-state index contributed by atoms with van der Waals surface area (Å²) in [5, 5.41) is 4.00. The van der Waals surface area contributed by atoms with Gasteiger partial charge in [-0.3, -0.25) is 4.98 Å². The summed E-state index contributed by atoms with van der Waals surface area (Å²) in [6.07, 6.45) is 8.72. The second-order valence-corrected chi connectivity index (χ2v) is 6.02. The Balaban J connectivity index is 1.44. The molecule has 0 radical (unpaired) electrons. The third-order valence-corrected chi connectivity index (χ3v) is 4.53. The topological polar surface area (TPSA) is 69.5 Å². The summed E-state index contributed by atoms with van der Waals surface area (Å²) in [6, 6.07) is 8.10. The Morgan fingerprint density at radius 2 is 2.00 bits per heavy atom. The van der Waals surface area contributed by atoms with Gasteiger partial charge in [-0.1, -0.05) is 11.2 Å². The molecule has 0 N–H and O–H groups in total. The summed E-state index contributed by atoms with van der Waals surface area (Å²) in [4.78, 5) is 19.7. The van der Waals surface area contributed by atoms with Crippen LogP contribution in [0.4, 0.5) is 0 Å². The number of aromatic nitrogens is 3. The molecule has 3 aromatic rings. The van der Waals surface area contributed by atoms with Gasteiger partial charge in [0.25, 0.3) is 0 Å². The average Bonchev–Trinajstić information content (AvgIpc) is 3.26. The van der Waals surface area contributed by atoms with E-state index in [1.165, 1.54) is 6.33 Å². The highest BCUT2D eigenvalue weighted by Gasteiger charge is 2.26. The van der Waals surface area contributed by atoms with Crippen molar-refractivity contribution in [2.24, 2.45) is 5.16 Å². The van der Waals surface area contributed by atoms with Gasteiger partial charge >= 0.3 is 0 Å². The molecule has 0 saturated heterocycles. The Hall–Kier alpha value is -2.80. The van der Waals surface area contributed by atoms with Crippen LogP contribution < -0.4 is 4.74 Å². The molecule has 1 aliphatic rings. The van der Waals surface area contributed by atoms with Crippen LogP contribution in [0.25, 0.3) is 10.4 Å². The summed E-state index contributed by atoms with van der Waals surface area (Å²) in [5.74, 6) is 1.08. The number of rotatable bonds is 3. The third-order valence-electron chi connectivity index (χ3n) is 3.30. The Labute approximate surface area is 136 Å². The maximum Gasteiger partial charge on any atom is 0.235 e. The monoisotopic (exact) mass is 324 g/mol. The zero-order chi connectivity index (χ0) is 15.5. The van der Waals surface area contributed by atoms with Crippen LogP contribution in [0.1, 0.15) is 17.4 Å². The van der Waals surface area contributed by atoms with Crippen molar-refractivity contribution in [2.75, 3.05) is 0 Å². The molecule has 1 atom stereocenters. The second-order valence-electron chi connectivity index (χ2n) is 4.90. The van der Waals surface area contributed by atoms with Crippen LogP contribution in [-0.4, -0.2) is 20.8 Å². The smallest absolute Gasteiger partial charge is 0.235 e. The minimum atomic E-state index is -0.120. The number of hydrogen-bond donors (Lipinski definition) is 0. The van der Waals surface area contributed by atoms with Gasteiger partial charge in [0.15, 0.2) is 11.9 Å². The summed E-state index contributed by atoms with van der Waals surface area (Å²) in [7, 11) is 0. The fourth-order valence-corrected chi connectivity index (χ4v) is 3.25. The standard InChI is InChI=1S/C16H12N4O2S/c1-2-11(7-17-5-1)14-3-4-15(23-14)13-6-16(20-22-13)21-12-8-18-10-19-9-12/h1-5,7-10,13H,6H2/t13-/m1/s1. The van der Waals surface area contributed by atoms with Gasteiger partial charge in [-0.15, -0.1) is 11.3 Å². The van der Waals surface area contributed by atoms with Crippen molar-refractivity contribution >= 4 is 17.2 Å². The first-order valence-electron chi connectivity index (χ1n) is 7.04. The first-order valence-corrected chi connectivity index (χ1v) is 7.86. The molecule has 4 rings (SSSR count). The van der Waals surface area contributed by atoms with E-state index in [-0.39, 0.29) is 6.10 Å². The van der Waals surface area contributed by atoms with E-state index in [0.29, 0.717) is 18.1 Å². The van der Waals surface area contributed by atoms with Crippen molar-refractivity contribution in [1.82, 2.24) is 15.0 Å². The summed E-state index contributed by atoms with van der Waals surface area (Å²) in [5.41, 5.74) is 1.10. The molecule has 114 valence electrons. The molecule has 0 aliphatic carbocycles. The molecule has 4 heterocycles. The van der Waals surface area contributed by atoms with Gasteiger partial charge in [0.2, 0.25) is 5.90 Å². The highest BCUT2D eigenvalue weighted by atomic mass is 32.1. The Morgan fingerprint density at radius 1 is 1.09 bits per heavy atom.